The second-order valence-electron chi connectivity index (χ2n) is 5.35. The number of carbonyl (C=O) groups is 1. The molecule has 0 amide bonds. The first kappa shape index (κ1) is 20.4. The van der Waals surface area contributed by atoms with Gasteiger partial charge >= 0.3 is 0 Å². The molecule has 144 valence electrons. The minimum atomic E-state index is -0.362. The van der Waals surface area contributed by atoms with Crippen LogP contribution >= 0.6 is 0 Å². The van der Waals surface area contributed by atoms with Gasteiger partial charge in [-0.2, -0.15) is 0 Å². The molecule has 0 heterocycles. The summed E-state index contributed by atoms with van der Waals surface area (Å²) in [6, 6.07) is 8.90. The molecule has 0 fully saturated rings. The van der Waals surface area contributed by atoms with Crippen LogP contribution in [0.15, 0.2) is 42.5 Å². The van der Waals surface area contributed by atoms with Crippen LogP contribution in [0.1, 0.15) is 15.9 Å². The molecule has 2 aromatic carbocycles. The maximum Gasteiger partial charge on any atom is 0.193 e. The van der Waals surface area contributed by atoms with Crippen LogP contribution in [-0.2, 0) is 9.47 Å². The summed E-state index contributed by atoms with van der Waals surface area (Å²) in [5.41, 5.74) is 0.875. The van der Waals surface area contributed by atoms with Crippen LogP contribution in [0.25, 0.3) is 6.08 Å². The molecular weight excluding hydrogens is 355 g/mol. The summed E-state index contributed by atoms with van der Waals surface area (Å²) < 4.78 is 39.1. The number of methoxy groups -OCH3 is 3. The average Bonchev–Trinajstić information content (AvgIpc) is 2.69. The highest BCUT2D eigenvalue weighted by molar-refractivity contribution is 6.10. The molecule has 2 rings (SSSR count). The third kappa shape index (κ3) is 5.80. The minimum absolute atomic E-state index is 0.0567. The fraction of sp³-hybridized carbons (Fsp3) is 0.250. The van der Waals surface area contributed by atoms with Crippen LogP contribution in [0.5, 0.6) is 17.2 Å². The number of benzene rings is 2. The van der Waals surface area contributed by atoms with Gasteiger partial charge in [0, 0.05) is 26.4 Å². The lowest BCUT2D eigenvalue weighted by Gasteiger charge is -2.15. The Balaban J connectivity index is 2.39. The Bertz CT molecular complexity index is 757. The van der Waals surface area contributed by atoms with Gasteiger partial charge in [0.05, 0.1) is 7.11 Å². The normalized spacial score (nSPS) is 10.8. The molecule has 0 unspecified atom stereocenters. The molecule has 0 saturated heterocycles. The van der Waals surface area contributed by atoms with Crippen LogP contribution in [0, 0.1) is 5.82 Å². The van der Waals surface area contributed by atoms with Crippen molar-refractivity contribution in [1.29, 1.82) is 0 Å². The number of ketones is 1. The zero-order valence-corrected chi connectivity index (χ0v) is 15.4. The van der Waals surface area contributed by atoms with Gasteiger partial charge in [-0.3, -0.25) is 4.79 Å². The second-order valence-corrected chi connectivity index (χ2v) is 5.35. The van der Waals surface area contributed by atoms with Crippen LogP contribution < -0.4 is 14.2 Å². The molecule has 0 aromatic heterocycles. The topological polar surface area (TPSA) is 63.2 Å². The van der Waals surface area contributed by atoms with Gasteiger partial charge in [-0.05, 0) is 23.8 Å². The van der Waals surface area contributed by atoms with Gasteiger partial charge in [-0.1, -0.05) is 18.2 Å². The van der Waals surface area contributed by atoms with E-state index in [0.717, 1.165) is 0 Å². The molecular formula is C20H21FO6. The minimum Gasteiger partial charge on any atom is -0.496 e. The molecule has 6 nitrogen and oxygen atoms in total. The molecule has 0 spiro atoms. The van der Waals surface area contributed by atoms with E-state index in [1.807, 2.05) is 0 Å². The standard InChI is InChI=1S/C20H21FO6/c1-23-12-26-18-10-16(25-3)11-19(27-13-24-2)20(18)17(22)9-6-14-4-7-15(21)8-5-14/h4-11H,12-13H2,1-3H3/b9-6+. The summed E-state index contributed by atoms with van der Waals surface area (Å²) >= 11 is 0. The van der Waals surface area contributed by atoms with Gasteiger partial charge in [0.15, 0.2) is 19.4 Å². The zero-order valence-electron chi connectivity index (χ0n) is 15.4. The molecule has 0 aliphatic rings. The fourth-order valence-electron chi connectivity index (χ4n) is 2.23. The molecule has 0 bridgehead atoms. The Labute approximate surface area is 157 Å². The largest absolute Gasteiger partial charge is 0.496 e. The second kappa shape index (κ2) is 10.3. The van der Waals surface area contributed by atoms with Gasteiger partial charge < -0.3 is 23.7 Å². The van der Waals surface area contributed by atoms with Crippen molar-refractivity contribution < 1.29 is 32.9 Å². The summed E-state index contributed by atoms with van der Waals surface area (Å²) in [4.78, 5) is 12.8. The summed E-state index contributed by atoms with van der Waals surface area (Å²) in [5, 5.41) is 0. The Kier molecular flexibility index (Phi) is 7.79. The maximum absolute atomic E-state index is 13.0. The molecule has 7 heteroatoms. The highest BCUT2D eigenvalue weighted by Crippen LogP contribution is 2.35. The average molecular weight is 376 g/mol. The van der Waals surface area contributed by atoms with E-state index < -0.39 is 0 Å². The van der Waals surface area contributed by atoms with Crippen molar-refractivity contribution in [3.05, 3.63) is 59.4 Å². The van der Waals surface area contributed by atoms with Crippen molar-refractivity contribution in [2.45, 2.75) is 0 Å². The fourth-order valence-corrected chi connectivity index (χ4v) is 2.23. The Morgan fingerprint density at radius 3 is 2.00 bits per heavy atom. The van der Waals surface area contributed by atoms with Crippen LogP contribution in [0.4, 0.5) is 4.39 Å². The number of allylic oxidation sites excluding steroid dienone is 1. The quantitative estimate of drug-likeness (QED) is 0.358. The third-order valence-corrected chi connectivity index (χ3v) is 3.48. The maximum atomic E-state index is 13.0. The van der Waals surface area contributed by atoms with E-state index in [2.05, 4.69) is 0 Å². The smallest absolute Gasteiger partial charge is 0.193 e. The molecule has 0 atom stereocenters. The van der Waals surface area contributed by atoms with E-state index in [1.165, 1.54) is 39.5 Å². The molecule has 0 aliphatic carbocycles. The predicted octanol–water partition coefficient (Wildman–Crippen LogP) is 3.70. The molecule has 0 saturated carbocycles. The lowest BCUT2D eigenvalue weighted by Crippen LogP contribution is -2.09. The first-order chi connectivity index (χ1) is 13.1. The van der Waals surface area contributed by atoms with E-state index in [-0.39, 0.29) is 42.2 Å². The highest BCUT2D eigenvalue weighted by Gasteiger charge is 2.20. The predicted molar refractivity (Wildman–Crippen MR) is 97.8 cm³/mol. The van der Waals surface area contributed by atoms with E-state index in [1.54, 1.807) is 30.3 Å². The van der Waals surface area contributed by atoms with Crippen molar-refractivity contribution >= 4 is 11.9 Å². The summed E-state index contributed by atoms with van der Waals surface area (Å²) in [5.74, 6) is 0.233. The van der Waals surface area contributed by atoms with Crippen molar-refractivity contribution in [3.63, 3.8) is 0 Å². The van der Waals surface area contributed by atoms with E-state index >= 15 is 0 Å². The van der Waals surface area contributed by atoms with Crippen molar-refractivity contribution in [1.82, 2.24) is 0 Å². The van der Waals surface area contributed by atoms with E-state index in [4.69, 9.17) is 23.7 Å². The molecule has 0 N–H and O–H groups in total. The summed E-state index contributed by atoms with van der Waals surface area (Å²) in [6.45, 7) is -0.113. The Hall–Kier alpha value is -2.90. The van der Waals surface area contributed by atoms with Gasteiger partial charge in [0.2, 0.25) is 0 Å². The number of ether oxygens (including phenoxy) is 5. The lowest BCUT2D eigenvalue weighted by atomic mass is 10.1. The lowest BCUT2D eigenvalue weighted by molar-refractivity contribution is 0.0444. The molecule has 0 radical (unpaired) electrons. The molecule has 2 aromatic rings. The SMILES string of the molecule is COCOc1cc(OC)cc(OCOC)c1C(=O)/C=C/c1ccc(F)cc1. The number of carbonyl (C=O) groups excluding carboxylic acids is 1. The third-order valence-electron chi connectivity index (χ3n) is 3.48. The van der Waals surface area contributed by atoms with Gasteiger partial charge in [-0.15, -0.1) is 0 Å². The van der Waals surface area contributed by atoms with Crippen LogP contribution in [-0.4, -0.2) is 40.7 Å². The molecule has 0 aliphatic heterocycles. The van der Waals surface area contributed by atoms with Crippen molar-refractivity contribution in [2.75, 3.05) is 34.9 Å². The Morgan fingerprint density at radius 2 is 1.52 bits per heavy atom. The number of halogens is 1. The highest BCUT2D eigenvalue weighted by atomic mass is 19.1. The molecule has 27 heavy (non-hydrogen) atoms. The van der Waals surface area contributed by atoms with Crippen molar-refractivity contribution in [2.24, 2.45) is 0 Å². The first-order valence-corrected chi connectivity index (χ1v) is 8.02. The number of rotatable bonds is 10. The van der Waals surface area contributed by atoms with Crippen molar-refractivity contribution in [3.8, 4) is 17.2 Å². The zero-order chi connectivity index (χ0) is 19.6. The van der Waals surface area contributed by atoms with Gasteiger partial charge in [0.1, 0.15) is 28.6 Å². The number of hydrogen-bond acceptors (Lipinski definition) is 6. The summed E-state index contributed by atoms with van der Waals surface area (Å²) in [6.07, 6.45) is 2.93. The van der Waals surface area contributed by atoms with Crippen LogP contribution in [0.3, 0.4) is 0 Å². The van der Waals surface area contributed by atoms with E-state index in [9.17, 15) is 9.18 Å². The van der Waals surface area contributed by atoms with E-state index in [0.29, 0.717) is 11.3 Å². The van der Waals surface area contributed by atoms with Gasteiger partial charge in [0.25, 0.3) is 0 Å². The number of hydrogen-bond donors (Lipinski definition) is 0. The van der Waals surface area contributed by atoms with Gasteiger partial charge in [-0.25, -0.2) is 4.39 Å². The Morgan fingerprint density at radius 1 is 0.963 bits per heavy atom. The van der Waals surface area contributed by atoms with Crippen LogP contribution in [0.2, 0.25) is 0 Å². The summed E-state index contributed by atoms with van der Waals surface area (Å²) in [7, 11) is 4.43. The monoisotopic (exact) mass is 376 g/mol. The first-order valence-electron chi connectivity index (χ1n) is 8.02.